The van der Waals surface area contributed by atoms with Crippen molar-refractivity contribution in [3.05, 3.63) is 22.4 Å². The minimum Gasteiger partial charge on any atom is -0.394 e. The lowest BCUT2D eigenvalue weighted by atomic mass is 10.3. The molecule has 0 saturated heterocycles. The minimum absolute atomic E-state index is 0.0145. The number of rotatable bonds is 3. The molecule has 4 nitrogen and oxygen atoms in total. The molecule has 0 spiro atoms. The Morgan fingerprint density at radius 3 is 2.86 bits per heavy atom. The van der Waals surface area contributed by atoms with Gasteiger partial charge >= 0.3 is 0 Å². The number of aromatic nitrogens is 1. The average molecular weight is 259 g/mol. The quantitative estimate of drug-likeness (QED) is 0.759. The highest BCUT2D eigenvalue weighted by Gasteiger charge is 2.43. The van der Waals surface area contributed by atoms with Crippen LogP contribution in [0.5, 0.6) is 0 Å². The number of aliphatic hydroxyl groups excluding tert-OH is 1. The maximum atomic E-state index is 11.6. The Kier molecular flexibility index (Phi) is 2.36. The number of aliphatic hydroxyl groups is 1. The predicted molar refractivity (Wildman–Crippen MR) is 55.0 cm³/mol. The Labute approximate surface area is 89.8 Å². The van der Waals surface area contributed by atoms with Crippen molar-refractivity contribution in [2.75, 3.05) is 6.61 Å². The van der Waals surface area contributed by atoms with Crippen LogP contribution in [0.15, 0.2) is 16.7 Å². The summed E-state index contributed by atoms with van der Waals surface area (Å²) in [5.41, 5.74) is 0.158. The van der Waals surface area contributed by atoms with Gasteiger partial charge in [-0.05, 0) is 34.8 Å². The van der Waals surface area contributed by atoms with Crippen molar-refractivity contribution in [1.29, 1.82) is 0 Å². The molecule has 2 rings (SSSR count). The first-order valence-corrected chi connectivity index (χ1v) is 5.22. The Hall–Kier alpha value is -0.810. The van der Waals surface area contributed by atoms with Crippen molar-refractivity contribution in [2.24, 2.45) is 0 Å². The van der Waals surface area contributed by atoms with E-state index in [9.17, 15) is 4.79 Å². The molecule has 0 radical (unpaired) electrons. The van der Waals surface area contributed by atoms with Crippen molar-refractivity contribution in [3.63, 3.8) is 0 Å². The maximum Gasteiger partial charge on any atom is 0.268 e. The molecule has 1 heterocycles. The first-order valence-electron chi connectivity index (χ1n) is 4.42. The molecular formula is C9H11BrN2O2. The lowest BCUT2D eigenvalue weighted by Crippen LogP contribution is -2.39. The molecule has 1 aliphatic rings. The second kappa shape index (κ2) is 3.40. The molecule has 3 N–H and O–H groups in total. The van der Waals surface area contributed by atoms with Crippen LogP contribution in [-0.4, -0.2) is 28.1 Å². The highest BCUT2D eigenvalue weighted by Crippen LogP contribution is 2.34. The highest BCUT2D eigenvalue weighted by atomic mass is 79.9. The standard InChI is InChI=1S/C9H11BrN2O2/c10-6-3-7(11-4-6)8(14)12-9(5-13)1-2-9/h3-4,11,13H,1-2,5H2,(H,12,14). The van der Waals surface area contributed by atoms with E-state index in [2.05, 4.69) is 26.2 Å². The van der Waals surface area contributed by atoms with Crippen LogP contribution in [0.2, 0.25) is 0 Å². The van der Waals surface area contributed by atoms with E-state index in [1.165, 1.54) is 0 Å². The van der Waals surface area contributed by atoms with Crippen molar-refractivity contribution in [1.82, 2.24) is 10.3 Å². The average Bonchev–Trinajstić information content (AvgIpc) is 2.80. The first kappa shape index (κ1) is 9.73. The second-order valence-corrected chi connectivity index (χ2v) is 4.54. The van der Waals surface area contributed by atoms with E-state index in [0.717, 1.165) is 17.3 Å². The molecule has 1 saturated carbocycles. The van der Waals surface area contributed by atoms with Crippen molar-refractivity contribution < 1.29 is 9.90 Å². The molecule has 0 aromatic carbocycles. The molecule has 0 atom stereocenters. The van der Waals surface area contributed by atoms with Gasteiger partial charge in [-0.3, -0.25) is 4.79 Å². The van der Waals surface area contributed by atoms with E-state index in [-0.39, 0.29) is 18.1 Å². The smallest absolute Gasteiger partial charge is 0.268 e. The number of halogens is 1. The molecule has 14 heavy (non-hydrogen) atoms. The molecule has 1 amide bonds. The van der Waals surface area contributed by atoms with Crippen molar-refractivity contribution >= 4 is 21.8 Å². The second-order valence-electron chi connectivity index (χ2n) is 3.62. The Morgan fingerprint density at radius 2 is 2.43 bits per heavy atom. The number of nitrogens with one attached hydrogen (secondary N) is 2. The number of H-pyrrole nitrogens is 1. The number of hydrogen-bond donors (Lipinski definition) is 3. The SMILES string of the molecule is O=C(NC1(CO)CC1)c1cc(Br)c[nH]1. The number of aromatic amines is 1. The molecule has 1 aliphatic carbocycles. The van der Waals surface area contributed by atoms with Crippen LogP contribution >= 0.6 is 15.9 Å². The van der Waals surface area contributed by atoms with Gasteiger partial charge in [0.1, 0.15) is 5.69 Å². The number of carbonyl (C=O) groups is 1. The van der Waals surface area contributed by atoms with Gasteiger partial charge in [0.15, 0.2) is 0 Å². The van der Waals surface area contributed by atoms with E-state index in [1.807, 2.05) is 0 Å². The van der Waals surface area contributed by atoms with Gasteiger partial charge in [0.25, 0.3) is 5.91 Å². The van der Waals surface area contributed by atoms with Crippen LogP contribution in [0.3, 0.4) is 0 Å². The third-order valence-electron chi connectivity index (χ3n) is 2.43. The highest BCUT2D eigenvalue weighted by molar-refractivity contribution is 9.10. The monoisotopic (exact) mass is 258 g/mol. The molecule has 1 fully saturated rings. The van der Waals surface area contributed by atoms with Crippen molar-refractivity contribution in [3.8, 4) is 0 Å². The van der Waals surface area contributed by atoms with Crippen LogP contribution < -0.4 is 5.32 Å². The lowest BCUT2D eigenvalue weighted by Gasteiger charge is -2.12. The zero-order chi connectivity index (χ0) is 10.2. The summed E-state index contributed by atoms with van der Waals surface area (Å²) in [6.45, 7) is 0.0145. The summed E-state index contributed by atoms with van der Waals surface area (Å²) in [5.74, 6) is -0.165. The van der Waals surface area contributed by atoms with Gasteiger partial charge < -0.3 is 15.4 Å². The lowest BCUT2D eigenvalue weighted by molar-refractivity contribution is 0.0902. The van der Waals surface area contributed by atoms with Gasteiger partial charge in [-0.25, -0.2) is 0 Å². The Balaban J connectivity index is 2.03. The zero-order valence-corrected chi connectivity index (χ0v) is 9.10. The fourth-order valence-electron chi connectivity index (χ4n) is 1.28. The fourth-order valence-corrected chi connectivity index (χ4v) is 1.62. The van der Waals surface area contributed by atoms with Gasteiger partial charge in [0.05, 0.1) is 12.1 Å². The molecule has 5 heteroatoms. The van der Waals surface area contributed by atoms with Gasteiger partial charge in [-0.15, -0.1) is 0 Å². The van der Waals surface area contributed by atoms with E-state index < -0.39 is 0 Å². The molecule has 0 bridgehead atoms. The third-order valence-corrected chi connectivity index (χ3v) is 2.89. The summed E-state index contributed by atoms with van der Waals surface area (Å²) in [6.07, 6.45) is 3.42. The summed E-state index contributed by atoms with van der Waals surface area (Å²) >= 11 is 3.25. The summed E-state index contributed by atoms with van der Waals surface area (Å²) in [7, 11) is 0. The summed E-state index contributed by atoms with van der Waals surface area (Å²) in [4.78, 5) is 14.4. The van der Waals surface area contributed by atoms with Crippen LogP contribution in [0.1, 0.15) is 23.3 Å². The molecule has 1 aromatic heterocycles. The number of amides is 1. The summed E-state index contributed by atoms with van der Waals surface area (Å²) in [6, 6.07) is 1.71. The van der Waals surface area contributed by atoms with Gasteiger partial charge in [0, 0.05) is 10.7 Å². The van der Waals surface area contributed by atoms with E-state index >= 15 is 0 Å². The van der Waals surface area contributed by atoms with Gasteiger partial charge in [0.2, 0.25) is 0 Å². The van der Waals surface area contributed by atoms with E-state index in [4.69, 9.17) is 5.11 Å². The van der Waals surface area contributed by atoms with Crippen LogP contribution in [0, 0.1) is 0 Å². The molecule has 1 aromatic rings. The largest absolute Gasteiger partial charge is 0.394 e. The third kappa shape index (κ3) is 1.83. The number of carbonyl (C=O) groups excluding carboxylic acids is 1. The number of hydrogen-bond acceptors (Lipinski definition) is 2. The Bertz CT molecular complexity index is 357. The maximum absolute atomic E-state index is 11.6. The normalized spacial score (nSPS) is 17.9. The molecule has 0 aliphatic heterocycles. The molecule has 76 valence electrons. The summed E-state index contributed by atoms with van der Waals surface area (Å²) < 4.78 is 0.844. The van der Waals surface area contributed by atoms with E-state index in [0.29, 0.717) is 5.69 Å². The fraction of sp³-hybridized carbons (Fsp3) is 0.444. The Morgan fingerprint density at radius 1 is 1.71 bits per heavy atom. The minimum atomic E-state index is -0.353. The predicted octanol–water partition coefficient (Wildman–Crippen LogP) is 1.03. The van der Waals surface area contributed by atoms with Gasteiger partial charge in [-0.2, -0.15) is 0 Å². The van der Waals surface area contributed by atoms with Crippen LogP contribution in [-0.2, 0) is 0 Å². The van der Waals surface area contributed by atoms with Gasteiger partial charge in [-0.1, -0.05) is 0 Å². The molecule has 0 unspecified atom stereocenters. The first-order chi connectivity index (χ1) is 6.65. The summed E-state index contributed by atoms with van der Waals surface area (Å²) in [5, 5.41) is 11.8. The van der Waals surface area contributed by atoms with E-state index in [1.54, 1.807) is 12.3 Å². The van der Waals surface area contributed by atoms with Crippen molar-refractivity contribution in [2.45, 2.75) is 18.4 Å². The van der Waals surface area contributed by atoms with Crippen LogP contribution in [0.4, 0.5) is 0 Å². The molecular weight excluding hydrogens is 248 g/mol. The zero-order valence-electron chi connectivity index (χ0n) is 7.51. The van der Waals surface area contributed by atoms with Crippen LogP contribution in [0.25, 0.3) is 0 Å². The topological polar surface area (TPSA) is 65.1 Å².